The molecule has 6 nitrogen and oxygen atoms in total. The van der Waals surface area contributed by atoms with Crippen LogP contribution in [0.5, 0.6) is 11.6 Å². The largest absolute Gasteiger partial charge is 0.465 e. The normalized spacial score (nSPS) is 11.8. The second kappa shape index (κ2) is 9.89. The molecule has 2 aromatic rings. The first-order valence-corrected chi connectivity index (χ1v) is 9.90. The van der Waals surface area contributed by atoms with E-state index in [1.165, 1.54) is 7.11 Å². The summed E-state index contributed by atoms with van der Waals surface area (Å²) in [6, 6.07) is 5.78. The molecular formula is C21H27BrN2O4. The van der Waals surface area contributed by atoms with Crippen LogP contribution in [-0.2, 0) is 9.47 Å². The first-order chi connectivity index (χ1) is 13.3. The Balaban J connectivity index is 2.56. The van der Waals surface area contributed by atoms with Gasteiger partial charge in [0.2, 0.25) is 5.88 Å². The highest BCUT2D eigenvalue weighted by molar-refractivity contribution is 9.10. The molecule has 1 aromatic carbocycles. The van der Waals surface area contributed by atoms with Crippen LogP contribution in [0.2, 0.25) is 0 Å². The van der Waals surface area contributed by atoms with Crippen LogP contribution < -0.4 is 10.1 Å². The number of nitrogens with one attached hydrogen (secondary N) is 1. The molecule has 1 aromatic heterocycles. The lowest BCUT2D eigenvalue weighted by molar-refractivity contribution is 0.0598. The van der Waals surface area contributed by atoms with Gasteiger partial charge in [0.25, 0.3) is 0 Å². The summed E-state index contributed by atoms with van der Waals surface area (Å²) in [6.45, 7) is 8.32. The van der Waals surface area contributed by atoms with E-state index in [1.807, 2.05) is 39.0 Å². The van der Waals surface area contributed by atoms with Crippen molar-refractivity contribution < 1.29 is 19.0 Å². The van der Waals surface area contributed by atoms with Crippen molar-refractivity contribution >= 4 is 27.6 Å². The average molecular weight is 451 g/mol. The molecule has 1 heterocycles. The number of rotatable bonds is 8. The summed E-state index contributed by atoms with van der Waals surface area (Å²) >= 11 is 3.49. The molecule has 0 aliphatic carbocycles. The van der Waals surface area contributed by atoms with E-state index in [0.717, 1.165) is 27.7 Å². The highest BCUT2D eigenvalue weighted by Crippen LogP contribution is 2.35. The maximum atomic E-state index is 12.6. The van der Waals surface area contributed by atoms with Gasteiger partial charge in [-0.1, -0.05) is 22.9 Å². The summed E-state index contributed by atoms with van der Waals surface area (Å²) in [7, 11) is 3.00. The van der Waals surface area contributed by atoms with Crippen molar-refractivity contribution in [2.45, 2.75) is 40.2 Å². The predicted molar refractivity (Wildman–Crippen MR) is 114 cm³/mol. The van der Waals surface area contributed by atoms with Crippen molar-refractivity contribution in [3.8, 4) is 11.6 Å². The summed E-state index contributed by atoms with van der Waals surface area (Å²) in [6.07, 6.45) is 0.830. The number of nitrogens with zero attached hydrogens (tertiary/aromatic N) is 1. The molecule has 1 unspecified atom stereocenters. The van der Waals surface area contributed by atoms with Gasteiger partial charge in [-0.15, -0.1) is 0 Å². The number of carbonyl (C=O) groups excluding carboxylic acids is 1. The van der Waals surface area contributed by atoms with Gasteiger partial charge in [-0.05, 0) is 56.5 Å². The minimum Gasteiger partial charge on any atom is -0.465 e. The smallest absolute Gasteiger partial charge is 0.345 e. The Morgan fingerprint density at radius 1 is 1.18 bits per heavy atom. The van der Waals surface area contributed by atoms with Crippen LogP contribution >= 0.6 is 15.9 Å². The van der Waals surface area contributed by atoms with Crippen molar-refractivity contribution in [1.82, 2.24) is 4.98 Å². The number of halogens is 1. The summed E-state index contributed by atoms with van der Waals surface area (Å²) in [4.78, 5) is 17.1. The van der Waals surface area contributed by atoms with Gasteiger partial charge < -0.3 is 19.5 Å². The SMILES string of the molecule is CCC(COC)Nc1cc(C)nc(Oc2c(C)cc(Br)cc2C)c1C(=O)OC. The van der Waals surface area contributed by atoms with Gasteiger partial charge in [0.15, 0.2) is 0 Å². The first kappa shape index (κ1) is 22.2. The molecule has 2 rings (SSSR count). The molecule has 0 aliphatic rings. The Hall–Kier alpha value is -2.12. The van der Waals surface area contributed by atoms with Crippen LogP contribution in [0.15, 0.2) is 22.7 Å². The van der Waals surface area contributed by atoms with Crippen LogP contribution in [0.1, 0.15) is 40.5 Å². The van der Waals surface area contributed by atoms with Gasteiger partial charge in [0.05, 0.1) is 19.4 Å². The lowest BCUT2D eigenvalue weighted by atomic mass is 10.1. The molecule has 0 spiro atoms. The summed E-state index contributed by atoms with van der Waals surface area (Å²) < 4.78 is 17.4. The summed E-state index contributed by atoms with van der Waals surface area (Å²) in [5, 5.41) is 3.37. The molecule has 0 saturated carbocycles. The minimum absolute atomic E-state index is 0.0409. The van der Waals surface area contributed by atoms with Crippen LogP contribution in [0, 0.1) is 20.8 Å². The van der Waals surface area contributed by atoms with E-state index in [0.29, 0.717) is 18.0 Å². The molecule has 7 heteroatoms. The number of hydrogen-bond donors (Lipinski definition) is 1. The van der Waals surface area contributed by atoms with E-state index >= 15 is 0 Å². The Morgan fingerprint density at radius 3 is 2.36 bits per heavy atom. The molecule has 0 saturated heterocycles. The van der Waals surface area contributed by atoms with Gasteiger partial charge in [-0.3, -0.25) is 0 Å². The molecule has 0 fully saturated rings. The number of anilines is 1. The van der Waals surface area contributed by atoms with Crippen molar-refractivity contribution in [1.29, 1.82) is 0 Å². The third kappa shape index (κ3) is 5.23. The topological polar surface area (TPSA) is 69.7 Å². The monoisotopic (exact) mass is 450 g/mol. The molecular weight excluding hydrogens is 424 g/mol. The van der Waals surface area contributed by atoms with Gasteiger partial charge in [0, 0.05) is 23.3 Å². The molecule has 28 heavy (non-hydrogen) atoms. The Morgan fingerprint density at radius 2 is 1.82 bits per heavy atom. The van der Waals surface area contributed by atoms with Crippen molar-refractivity contribution in [2.75, 3.05) is 26.1 Å². The number of benzene rings is 1. The standard InChI is InChI=1S/C21H27BrN2O4/c1-7-16(11-26-5)24-17-10-14(4)23-20(18(17)21(25)27-6)28-19-12(2)8-15(22)9-13(19)3/h8-10,16H,7,11H2,1-6H3,(H,23,24). The zero-order valence-corrected chi connectivity index (χ0v) is 18.8. The highest BCUT2D eigenvalue weighted by atomic mass is 79.9. The van der Waals surface area contributed by atoms with Crippen molar-refractivity contribution in [3.05, 3.63) is 45.1 Å². The Kier molecular flexibility index (Phi) is 7.83. The Labute approximate surface area is 174 Å². The molecule has 0 amide bonds. The van der Waals surface area contributed by atoms with Crippen LogP contribution in [-0.4, -0.2) is 37.8 Å². The average Bonchev–Trinajstić information content (AvgIpc) is 2.63. The zero-order chi connectivity index (χ0) is 20.8. The number of methoxy groups -OCH3 is 2. The third-order valence-electron chi connectivity index (χ3n) is 4.35. The van der Waals surface area contributed by atoms with Crippen LogP contribution in [0.3, 0.4) is 0 Å². The van der Waals surface area contributed by atoms with Crippen molar-refractivity contribution in [2.24, 2.45) is 0 Å². The quantitative estimate of drug-likeness (QED) is 0.558. The molecule has 0 aliphatic heterocycles. The number of carbonyl (C=O) groups is 1. The zero-order valence-electron chi connectivity index (χ0n) is 17.2. The van der Waals surface area contributed by atoms with Crippen LogP contribution in [0.4, 0.5) is 5.69 Å². The molecule has 0 radical (unpaired) electrons. The Bertz CT molecular complexity index is 832. The van der Waals surface area contributed by atoms with Gasteiger partial charge in [0.1, 0.15) is 11.3 Å². The fraction of sp³-hybridized carbons (Fsp3) is 0.429. The number of aromatic nitrogens is 1. The van der Waals surface area contributed by atoms with E-state index in [2.05, 4.69) is 33.2 Å². The van der Waals surface area contributed by atoms with Gasteiger partial charge in [-0.25, -0.2) is 9.78 Å². The maximum absolute atomic E-state index is 12.6. The second-order valence-corrected chi connectivity index (χ2v) is 7.57. The van der Waals surface area contributed by atoms with E-state index in [4.69, 9.17) is 14.2 Å². The number of pyridine rings is 1. The van der Waals surface area contributed by atoms with E-state index in [9.17, 15) is 4.79 Å². The van der Waals surface area contributed by atoms with Gasteiger partial charge in [-0.2, -0.15) is 0 Å². The van der Waals surface area contributed by atoms with Crippen molar-refractivity contribution in [3.63, 3.8) is 0 Å². The molecule has 0 bridgehead atoms. The number of esters is 1. The number of hydrogen-bond acceptors (Lipinski definition) is 6. The maximum Gasteiger partial charge on any atom is 0.345 e. The van der Waals surface area contributed by atoms with E-state index in [-0.39, 0.29) is 17.5 Å². The summed E-state index contributed by atoms with van der Waals surface area (Å²) in [5.74, 6) is 0.376. The van der Waals surface area contributed by atoms with Gasteiger partial charge >= 0.3 is 5.97 Å². The fourth-order valence-corrected chi connectivity index (χ4v) is 3.66. The van der Waals surface area contributed by atoms with E-state index in [1.54, 1.807) is 7.11 Å². The minimum atomic E-state index is -0.510. The lowest BCUT2D eigenvalue weighted by Gasteiger charge is -2.21. The van der Waals surface area contributed by atoms with E-state index < -0.39 is 5.97 Å². The molecule has 152 valence electrons. The molecule has 1 N–H and O–H groups in total. The fourth-order valence-electron chi connectivity index (χ4n) is 2.97. The molecule has 1 atom stereocenters. The number of aryl methyl sites for hydroxylation is 3. The highest BCUT2D eigenvalue weighted by Gasteiger charge is 2.24. The first-order valence-electron chi connectivity index (χ1n) is 9.10. The third-order valence-corrected chi connectivity index (χ3v) is 4.81. The summed E-state index contributed by atoms with van der Waals surface area (Å²) in [5.41, 5.74) is 3.48. The van der Waals surface area contributed by atoms with Crippen LogP contribution in [0.25, 0.3) is 0 Å². The number of ether oxygens (including phenoxy) is 3. The predicted octanol–water partition coefficient (Wildman–Crippen LogP) is 5.19. The second-order valence-electron chi connectivity index (χ2n) is 6.66. The lowest BCUT2D eigenvalue weighted by Crippen LogP contribution is -2.25.